The number of hydrogen-bond donors (Lipinski definition) is 1. The molecule has 17 heavy (non-hydrogen) atoms. The van der Waals surface area contributed by atoms with Crippen LogP contribution < -0.4 is 5.32 Å². The van der Waals surface area contributed by atoms with Gasteiger partial charge in [-0.25, -0.2) is 0 Å². The van der Waals surface area contributed by atoms with Gasteiger partial charge in [0, 0.05) is 19.1 Å². The van der Waals surface area contributed by atoms with Crippen LogP contribution in [0.15, 0.2) is 30.3 Å². The molecule has 1 aromatic rings. The third-order valence-corrected chi connectivity index (χ3v) is 3.48. The molecule has 1 fully saturated rings. The lowest BCUT2D eigenvalue weighted by Gasteiger charge is -2.28. The van der Waals surface area contributed by atoms with Crippen LogP contribution in [0.2, 0.25) is 0 Å². The summed E-state index contributed by atoms with van der Waals surface area (Å²) < 4.78 is 5.37. The van der Waals surface area contributed by atoms with Crippen LogP contribution in [0, 0.1) is 17.2 Å². The van der Waals surface area contributed by atoms with Crippen LogP contribution >= 0.6 is 0 Å². The summed E-state index contributed by atoms with van der Waals surface area (Å²) in [5.41, 5.74) is 0.708. The van der Waals surface area contributed by atoms with E-state index in [1.54, 1.807) is 0 Å². The maximum absolute atomic E-state index is 9.36. The summed E-state index contributed by atoms with van der Waals surface area (Å²) in [7, 11) is 0. The fraction of sp³-hybridized carbons (Fsp3) is 0.500. The summed E-state index contributed by atoms with van der Waals surface area (Å²) in [6, 6.07) is 12.6. The second kappa shape index (κ2) is 5.31. The Morgan fingerprint density at radius 1 is 1.47 bits per heavy atom. The molecule has 1 saturated heterocycles. The van der Waals surface area contributed by atoms with Gasteiger partial charge in [-0.15, -0.1) is 0 Å². The zero-order valence-corrected chi connectivity index (χ0v) is 10.1. The van der Waals surface area contributed by atoms with Crippen molar-refractivity contribution >= 4 is 0 Å². The molecule has 0 spiro atoms. The Morgan fingerprint density at radius 2 is 2.24 bits per heavy atom. The zero-order valence-electron chi connectivity index (χ0n) is 10.1. The van der Waals surface area contributed by atoms with Gasteiger partial charge in [-0.1, -0.05) is 30.3 Å². The van der Waals surface area contributed by atoms with Crippen molar-refractivity contribution in [2.24, 2.45) is 5.92 Å². The van der Waals surface area contributed by atoms with Crippen molar-refractivity contribution < 1.29 is 4.74 Å². The van der Waals surface area contributed by atoms with E-state index in [4.69, 9.17) is 4.74 Å². The van der Waals surface area contributed by atoms with E-state index in [0.717, 1.165) is 19.6 Å². The summed E-state index contributed by atoms with van der Waals surface area (Å²) in [4.78, 5) is 0. The van der Waals surface area contributed by atoms with Crippen molar-refractivity contribution in [2.75, 3.05) is 13.2 Å². The van der Waals surface area contributed by atoms with E-state index in [-0.39, 0.29) is 5.92 Å². The van der Waals surface area contributed by atoms with Crippen LogP contribution in [-0.4, -0.2) is 18.8 Å². The highest BCUT2D eigenvalue weighted by Crippen LogP contribution is 2.25. The summed E-state index contributed by atoms with van der Waals surface area (Å²) >= 11 is 0. The highest BCUT2D eigenvalue weighted by Gasteiger charge is 2.36. The molecule has 1 N–H and O–H groups in total. The molecule has 2 atom stereocenters. The molecule has 0 saturated carbocycles. The smallest absolute Gasteiger partial charge is 0.109 e. The average molecular weight is 230 g/mol. The number of nitrogens with zero attached hydrogens (tertiary/aromatic N) is 1. The van der Waals surface area contributed by atoms with Gasteiger partial charge in [0.2, 0.25) is 0 Å². The molecule has 90 valence electrons. The molecule has 1 aromatic carbocycles. The topological polar surface area (TPSA) is 45.0 Å². The van der Waals surface area contributed by atoms with Crippen molar-refractivity contribution in [1.82, 2.24) is 5.32 Å². The Balaban J connectivity index is 1.98. The third kappa shape index (κ3) is 2.85. The van der Waals surface area contributed by atoms with E-state index in [1.807, 2.05) is 25.1 Å². The molecule has 1 heterocycles. The minimum absolute atomic E-state index is 0.288. The van der Waals surface area contributed by atoms with Crippen molar-refractivity contribution in [2.45, 2.75) is 25.4 Å². The van der Waals surface area contributed by atoms with Gasteiger partial charge >= 0.3 is 0 Å². The number of hydrogen-bond acceptors (Lipinski definition) is 3. The molecule has 3 nitrogen and oxygen atoms in total. The van der Waals surface area contributed by atoms with Crippen LogP contribution in [0.3, 0.4) is 0 Å². The fourth-order valence-electron chi connectivity index (χ4n) is 2.15. The minimum atomic E-state index is -0.494. The molecule has 2 unspecified atom stereocenters. The van der Waals surface area contributed by atoms with Crippen molar-refractivity contribution in [3.8, 4) is 6.07 Å². The lowest BCUT2D eigenvalue weighted by atomic mass is 9.86. The maximum atomic E-state index is 9.36. The molecule has 2 rings (SSSR count). The van der Waals surface area contributed by atoms with Gasteiger partial charge in [0.1, 0.15) is 5.54 Å². The third-order valence-electron chi connectivity index (χ3n) is 3.48. The minimum Gasteiger partial charge on any atom is -0.381 e. The van der Waals surface area contributed by atoms with E-state index < -0.39 is 5.54 Å². The second-order valence-electron chi connectivity index (χ2n) is 4.71. The molecule has 0 aromatic heterocycles. The van der Waals surface area contributed by atoms with Gasteiger partial charge in [0.25, 0.3) is 0 Å². The molecule has 0 aliphatic carbocycles. The largest absolute Gasteiger partial charge is 0.381 e. The average Bonchev–Trinajstić information content (AvgIpc) is 2.92. The van der Waals surface area contributed by atoms with Crippen LogP contribution in [0.1, 0.15) is 18.9 Å². The van der Waals surface area contributed by atoms with Crippen LogP contribution in [0.25, 0.3) is 0 Å². The van der Waals surface area contributed by atoms with Gasteiger partial charge in [-0.05, 0) is 18.9 Å². The first kappa shape index (κ1) is 12.1. The summed E-state index contributed by atoms with van der Waals surface area (Å²) in [6.07, 6.45) is 0.964. The van der Waals surface area contributed by atoms with Crippen LogP contribution in [0.5, 0.6) is 0 Å². The monoisotopic (exact) mass is 230 g/mol. The van der Waals surface area contributed by atoms with E-state index in [9.17, 15) is 5.26 Å². The Kier molecular flexibility index (Phi) is 3.78. The first-order chi connectivity index (χ1) is 8.24. The number of ether oxygens (including phenoxy) is 1. The molecule has 1 aliphatic heterocycles. The van der Waals surface area contributed by atoms with E-state index in [1.165, 1.54) is 5.56 Å². The summed E-state index contributed by atoms with van der Waals surface area (Å²) in [5.74, 6) is 0.288. The number of benzene rings is 1. The predicted octanol–water partition coefficient (Wildman–Crippen LogP) is 2.09. The number of rotatable bonds is 4. The molecule has 0 amide bonds. The summed E-state index contributed by atoms with van der Waals surface area (Å²) in [6.45, 7) is 4.15. The van der Waals surface area contributed by atoms with E-state index in [0.29, 0.717) is 6.61 Å². The van der Waals surface area contributed by atoms with Crippen molar-refractivity contribution in [3.63, 3.8) is 0 Å². The summed E-state index contributed by atoms with van der Waals surface area (Å²) in [5, 5.41) is 12.7. The quantitative estimate of drug-likeness (QED) is 0.861. The maximum Gasteiger partial charge on any atom is 0.109 e. The standard InChI is InChI=1S/C14H18N2O/c1-14(11-15,13-7-8-17-10-13)16-9-12-5-3-2-4-6-12/h2-6,13,16H,7-10H2,1H3. The zero-order chi connectivity index (χ0) is 12.1. The Morgan fingerprint density at radius 3 is 2.82 bits per heavy atom. The number of nitriles is 1. The SMILES string of the molecule is CC(C#N)(NCc1ccccc1)C1CCOC1. The second-order valence-corrected chi connectivity index (χ2v) is 4.71. The normalized spacial score (nSPS) is 22.9. The van der Waals surface area contributed by atoms with Crippen molar-refractivity contribution in [3.05, 3.63) is 35.9 Å². The molecule has 0 radical (unpaired) electrons. The molecular weight excluding hydrogens is 212 g/mol. The van der Waals surface area contributed by atoms with Gasteiger partial charge in [0.05, 0.1) is 12.7 Å². The molecule has 0 bridgehead atoms. The predicted molar refractivity (Wildman–Crippen MR) is 66.2 cm³/mol. The molecule has 1 aliphatic rings. The fourth-order valence-corrected chi connectivity index (χ4v) is 2.15. The van der Waals surface area contributed by atoms with Crippen molar-refractivity contribution in [1.29, 1.82) is 5.26 Å². The van der Waals surface area contributed by atoms with Crippen LogP contribution in [-0.2, 0) is 11.3 Å². The Bertz CT molecular complexity index is 392. The van der Waals surface area contributed by atoms with E-state index >= 15 is 0 Å². The lowest BCUT2D eigenvalue weighted by molar-refractivity contribution is 0.168. The van der Waals surface area contributed by atoms with Gasteiger partial charge in [-0.3, -0.25) is 5.32 Å². The van der Waals surface area contributed by atoms with Gasteiger partial charge < -0.3 is 4.74 Å². The lowest BCUT2D eigenvalue weighted by Crippen LogP contribution is -2.47. The van der Waals surface area contributed by atoms with E-state index in [2.05, 4.69) is 23.5 Å². The first-order valence-corrected chi connectivity index (χ1v) is 6.02. The molecule has 3 heteroatoms. The number of nitrogens with one attached hydrogen (secondary N) is 1. The Hall–Kier alpha value is -1.37. The first-order valence-electron chi connectivity index (χ1n) is 6.02. The highest BCUT2D eigenvalue weighted by atomic mass is 16.5. The Labute approximate surface area is 102 Å². The molecular formula is C14H18N2O. The highest BCUT2D eigenvalue weighted by molar-refractivity contribution is 5.16. The van der Waals surface area contributed by atoms with Gasteiger partial charge in [0.15, 0.2) is 0 Å². The van der Waals surface area contributed by atoms with Crippen LogP contribution in [0.4, 0.5) is 0 Å². The van der Waals surface area contributed by atoms with Gasteiger partial charge in [-0.2, -0.15) is 5.26 Å².